The van der Waals surface area contributed by atoms with Crippen LogP contribution in [0.15, 0.2) is 48.5 Å². The van der Waals surface area contributed by atoms with Crippen LogP contribution >= 0.6 is 0 Å². The van der Waals surface area contributed by atoms with E-state index in [-0.39, 0.29) is 17.7 Å². The van der Waals surface area contributed by atoms with Gasteiger partial charge in [0.15, 0.2) is 0 Å². The van der Waals surface area contributed by atoms with Crippen LogP contribution in [0.4, 0.5) is 5.69 Å². The van der Waals surface area contributed by atoms with Crippen molar-refractivity contribution in [3.05, 3.63) is 65.2 Å². The minimum absolute atomic E-state index is 0.0492. The van der Waals surface area contributed by atoms with E-state index in [4.69, 9.17) is 0 Å². The Balaban J connectivity index is 1.56. The summed E-state index contributed by atoms with van der Waals surface area (Å²) in [5.41, 5.74) is 3.43. The highest BCUT2D eigenvalue weighted by Gasteiger charge is 2.20. The fraction of sp³-hybridized carbons (Fsp3) is 0.333. The summed E-state index contributed by atoms with van der Waals surface area (Å²) in [5.74, 6) is -0.000989. The van der Waals surface area contributed by atoms with Gasteiger partial charge in [0.2, 0.25) is 5.91 Å². The molecular weight excluding hydrogens is 326 g/mol. The molecule has 3 rings (SSSR count). The highest BCUT2D eigenvalue weighted by Crippen LogP contribution is 2.14. The molecule has 0 radical (unpaired) electrons. The maximum Gasteiger partial charge on any atom is 0.255 e. The molecule has 0 aliphatic carbocycles. The molecule has 136 valence electrons. The lowest BCUT2D eigenvalue weighted by atomic mass is 9.99. The molecule has 0 spiro atoms. The number of carbonyl (C=O) groups is 2. The normalized spacial score (nSPS) is 16.7. The summed E-state index contributed by atoms with van der Waals surface area (Å²) >= 11 is 0. The third-order valence-electron chi connectivity index (χ3n) is 4.63. The Morgan fingerprint density at radius 2 is 1.96 bits per heavy atom. The molecule has 1 unspecified atom stereocenters. The molecule has 5 nitrogen and oxygen atoms in total. The molecular formula is C21H25N3O2. The average molecular weight is 351 g/mol. The standard InChI is InChI=1S/C21H25N3O2/c1-15-7-9-17(10-8-15)21(26)24-19-6-2-4-16(12-19)13-23-20(25)18-5-3-11-22-14-18/h2,4,6-10,12,18,22H,3,5,11,13-14H2,1H3,(H,23,25)(H,24,26). The summed E-state index contributed by atoms with van der Waals surface area (Å²) in [6.07, 6.45) is 1.98. The predicted molar refractivity (Wildman–Crippen MR) is 103 cm³/mol. The molecule has 3 N–H and O–H groups in total. The van der Waals surface area contributed by atoms with Gasteiger partial charge in [0, 0.05) is 24.3 Å². The number of nitrogens with one attached hydrogen (secondary N) is 3. The maximum absolute atomic E-state index is 12.3. The van der Waals surface area contributed by atoms with Gasteiger partial charge in [0.05, 0.1) is 5.92 Å². The van der Waals surface area contributed by atoms with Gasteiger partial charge >= 0.3 is 0 Å². The van der Waals surface area contributed by atoms with E-state index in [2.05, 4.69) is 16.0 Å². The zero-order valence-corrected chi connectivity index (χ0v) is 15.0. The Kier molecular flexibility index (Phi) is 6.02. The first kappa shape index (κ1) is 18.1. The number of rotatable bonds is 5. The van der Waals surface area contributed by atoms with Crippen LogP contribution in [0.2, 0.25) is 0 Å². The van der Waals surface area contributed by atoms with Gasteiger partial charge in [0.1, 0.15) is 0 Å². The second-order valence-electron chi connectivity index (χ2n) is 6.78. The summed E-state index contributed by atoms with van der Waals surface area (Å²) < 4.78 is 0. The average Bonchev–Trinajstić information content (AvgIpc) is 2.67. The summed E-state index contributed by atoms with van der Waals surface area (Å²) in [6, 6.07) is 15.0. The SMILES string of the molecule is Cc1ccc(C(=O)Nc2cccc(CNC(=O)C3CCCNC3)c2)cc1. The molecule has 5 heteroatoms. The van der Waals surface area contributed by atoms with Gasteiger partial charge in [-0.05, 0) is 56.1 Å². The zero-order chi connectivity index (χ0) is 18.4. The number of piperidine rings is 1. The highest BCUT2D eigenvalue weighted by atomic mass is 16.2. The topological polar surface area (TPSA) is 70.2 Å². The van der Waals surface area contributed by atoms with Gasteiger partial charge in [-0.1, -0.05) is 29.8 Å². The maximum atomic E-state index is 12.3. The first-order valence-electron chi connectivity index (χ1n) is 9.07. The number of anilines is 1. The minimum atomic E-state index is -0.139. The monoisotopic (exact) mass is 351 g/mol. The van der Waals surface area contributed by atoms with E-state index in [1.165, 1.54) is 0 Å². The molecule has 1 saturated heterocycles. The molecule has 1 aliphatic rings. The van der Waals surface area contributed by atoms with E-state index in [1.54, 1.807) is 0 Å². The first-order chi connectivity index (χ1) is 12.6. The van der Waals surface area contributed by atoms with Gasteiger partial charge in [-0.3, -0.25) is 9.59 Å². The molecule has 1 aliphatic heterocycles. The summed E-state index contributed by atoms with van der Waals surface area (Å²) in [5, 5.41) is 9.16. The lowest BCUT2D eigenvalue weighted by Gasteiger charge is -2.21. The Bertz CT molecular complexity index is 765. The van der Waals surface area contributed by atoms with Crippen molar-refractivity contribution in [2.45, 2.75) is 26.3 Å². The fourth-order valence-corrected chi connectivity index (χ4v) is 3.08. The van der Waals surface area contributed by atoms with Crippen LogP contribution in [-0.2, 0) is 11.3 Å². The van der Waals surface area contributed by atoms with E-state index in [9.17, 15) is 9.59 Å². The molecule has 1 heterocycles. The van der Waals surface area contributed by atoms with E-state index < -0.39 is 0 Å². The van der Waals surface area contributed by atoms with Crippen molar-refractivity contribution in [2.24, 2.45) is 5.92 Å². The molecule has 26 heavy (non-hydrogen) atoms. The van der Waals surface area contributed by atoms with Crippen molar-refractivity contribution < 1.29 is 9.59 Å². The molecule has 2 aromatic carbocycles. The quantitative estimate of drug-likeness (QED) is 0.776. The highest BCUT2D eigenvalue weighted by molar-refractivity contribution is 6.04. The largest absolute Gasteiger partial charge is 0.352 e. The van der Waals surface area contributed by atoms with Gasteiger partial charge in [-0.15, -0.1) is 0 Å². The van der Waals surface area contributed by atoms with Crippen LogP contribution in [0.1, 0.15) is 34.3 Å². The molecule has 2 aromatic rings. The van der Waals surface area contributed by atoms with Crippen molar-refractivity contribution in [3.8, 4) is 0 Å². The predicted octanol–water partition coefficient (Wildman–Crippen LogP) is 2.86. The number of benzene rings is 2. The lowest BCUT2D eigenvalue weighted by Crippen LogP contribution is -2.40. The number of hydrogen-bond donors (Lipinski definition) is 3. The number of hydrogen-bond acceptors (Lipinski definition) is 3. The molecule has 1 atom stereocenters. The van der Waals surface area contributed by atoms with E-state index in [0.29, 0.717) is 12.1 Å². The van der Waals surface area contributed by atoms with Crippen molar-refractivity contribution >= 4 is 17.5 Å². The second-order valence-corrected chi connectivity index (χ2v) is 6.78. The van der Waals surface area contributed by atoms with Gasteiger partial charge in [-0.25, -0.2) is 0 Å². The summed E-state index contributed by atoms with van der Waals surface area (Å²) in [6.45, 7) is 4.19. The Hall–Kier alpha value is -2.66. The van der Waals surface area contributed by atoms with Gasteiger partial charge in [0.25, 0.3) is 5.91 Å². The number of aryl methyl sites for hydroxylation is 1. The Morgan fingerprint density at radius 1 is 1.15 bits per heavy atom. The van der Waals surface area contributed by atoms with E-state index in [1.807, 2.05) is 55.5 Å². The second kappa shape index (κ2) is 8.63. The molecule has 0 saturated carbocycles. The third kappa shape index (κ3) is 4.92. The van der Waals surface area contributed by atoms with Crippen LogP contribution in [0.25, 0.3) is 0 Å². The number of amides is 2. The van der Waals surface area contributed by atoms with Crippen molar-refractivity contribution in [2.75, 3.05) is 18.4 Å². The zero-order valence-electron chi connectivity index (χ0n) is 15.0. The summed E-state index contributed by atoms with van der Waals surface area (Å²) in [7, 11) is 0. The van der Waals surface area contributed by atoms with Crippen LogP contribution in [-0.4, -0.2) is 24.9 Å². The van der Waals surface area contributed by atoms with Crippen molar-refractivity contribution in [1.29, 1.82) is 0 Å². The third-order valence-corrected chi connectivity index (χ3v) is 4.63. The van der Waals surface area contributed by atoms with Crippen molar-refractivity contribution in [1.82, 2.24) is 10.6 Å². The fourth-order valence-electron chi connectivity index (χ4n) is 3.08. The van der Waals surface area contributed by atoms with Crippen LogP contribution in [0, 0.1) is 12.8 Å². The molecule has 2 amide bonds. The lowest BCUT2D eigenvalue weighted by molar-refractivity contribution is -0.125. The van der Waals surface area contributed by atoms with Gasteiger partial charge < -0.3 is 16.0 Å². The van der Waals surface area contributed by atoms with Gasteiger partial charge in [-0.2, -0.15) is 0 Å². The van der Waals surface area contributed by atoms with E-state index >= 15 is 0 Å². The Labute approximate surface area is 154 Å². The molecule has 0 bridgehead atoms. The smallest absolute Gasteiger partial charge is 0.255 e. The van der Waals surface area contributed by atoms with Crippen LogP contribution in [0.3, 0.4) is 0 Å². The minimum Gasteiger partial charge on any atom is -0.352 e. The Morgan fingerprint density at radius 3 is 2.69 bits per heavy atom. The number of carbonyl (C=O) groups excluding carboxylic acids is 2. The van der Waals surface area contributed by atoms with Crippen LogP contribution in [0.5, 0.6) is 0 Å². The summed E-state index contributed by atoms with van der Waals surface area (Å²) in [4.78, 5) is 24.5. The molecule has 0 aromatic heterocycles. The molecule has 1 fully saturated rings. The van der Waals surface area contributed by atoms with Crippen molar-refractivity contribution in [3.63, 3.8) is 0 Å². The van der Waals surface area contributed by atoms with Crippen LogP contribution < -0.4 is 16.0 Å². The van der Waals surface area contributed by atoms with E-state index in [0.717, 1.165) is 42.7 Å². The first-order valence-corrected chi connectivity index (χ1v) is 9.07.